The van der Waals surface area contributed by atoms with Crippen LogP contribution in [-0.2, 0) is 0 Å². The average Bonchev–Trinajstić information content (AvgIpc) is 2.98. The molecule has 0 radical (unpaired) electrons. The van der Waals surface area contributed by atoms with Gasteiger partial charge < -0.3 is 5.32 Å². The van der Waals surface area contributed by atoms with Gasteiger partial charge in [-0.25, -0.2) is 9.67 Å². The number of carbonyl (C=O) groups excluding carboxylic acids is 1. The van der Waals surface area contributed by atoms with Crippen LogP contribution in [-0.4, -0.2) is 20.7 Å². The molecule has 1 amide bonds. The van der Waals surface area contributed by atoms with Crippen LogP contribution in [0.5, 0.6) is 0 Å². The van der Waals surface area contributed by atoms with Crippen LogP contribution in [0.15, 0.2) is 60.9 Å². The number of para-hydroxylation sites is 1. The van der Waals surface area contributed by atoms with E-state index < -0.39 is 0 Å². The van der Waals surface area contributed by atoms with Gasteiger partial charge in [-0.15, -0.1) is 0 Å². The Labute approximate surface area is 122 Å². The lowest BCUT2D eigenvalue weighted by molar-refractivity contribution is 0.102. The minimum Gasteiger partial charge on any atom is -0.306 e. The molecule has 2 heterocycles. The largest absolute Gasteiger partial charge is 0.306 e. The van der Waals surface area contributed by atoms with Crippen molar-refractivity contribution in [2.75, 3.05) is 5.32 Å². The van der Waals surface area contributed by atoms with Crippen LogP contribution in [0, 0.1) is 6.92 Å². The summed E-state index contributed by atoms with van der Waals surface area (Å²) in [5.74, 6) is 0.308. The van der Waals surface area contributed by atoms with Gasteiger partial charge in [0, 0.05) is 11.9 Å². The first-order valence-electron chi connectivity index (χ1n) is 6.57. The number of hydrogen-bond donors (Lipinski definition) is 1. The number of nitrogens with zero attached hydrogens (tertiary/aromatic N) is 3. The molecule has 0 aliphatic heterocycles. The molecule has 1 aromatic carbocycles. The van der Waals surface area contributed by atoms with Crippen LogP contribution < -0.4 is 5.32 Å². The molecule has 1 N–H and O–H groups in total. The van der Waals surface area contributed by atoms with E-state index in [1.54, 1.807) is 16.9 Å². The molecule has 5 nitrogen and oxygen atoms in total. The third kappa shape index (κ3) is 2.97. The van der Waals surface area contributed by atoms with Gasteiger partial charge in [-0.05, 0) is 31.2 Å². The molecule has 0 bridgehead atoms. The summed E-state index contributed by atoms with van der Waals surface area (Å²) in [6.07, 6.45) is 3.23. The number of amides is 1. The van der Waals surface area contributed by atoms with Crippen molar-refractivity contribution in [3.05, 3.63) is 72.2 Å². The number of anilines is 1. The molecule has 0 spiro atoms. The van der Waals surface area contributed by atoms with Crippen molar-refractivity contribution >= 4 is 11.7 Å². The highest BCUT2D eigenvalue weighted by atomic mass is 16.1. The lowest BCUT2D eigenvalue weighted by atomic mass is 10.3. The first-order valence-corrected chi connectivity index (χ1v) is 6.57. The molecule has 2 aromatic heterocycles. The number of pyridine rings is 1. The second-order valence-electron chi connectivity index (χ2n) is 4.63. The number of hydrogen-bond acceptors (Lipinski definition) is 3. The first kappa shape index (κ1) is 13.1. The Balaban J connectivity index is 1.78. The van der Waals surface area contributed by atoms with E-state index in [1.165, 1.54) is 6.20 Å². The summed E-state index contributed by atoms with van der Waals surface area (Å²) in [4.78, 5) is 16.4. The zero-order valence-corrected chi connectivity index (χ0v) is 11.5. The van der Waals surface area contributed by atoms with Crippen molar-refractivity contribution in [1.29, 1.82) is 0 Å². The predicted molar refractivity (Wildman–Crippen MR) is 80.5 cm³/mol. The van der Waals surface area contributed by atoms with E-state index in [0.717, 1.165) is 11.4 Å². The summed E-state index contributed by atoms with van der Waals surface area (Å²) in [7, 11) is 0. The van der Waals surface area contributed by atoms with Crippen LogP contribution in [0.3, 0.4) is 0 Å². The number of aryl methyl sites for hydroxylation is 1. The highest BCUT2D eigenvalue weighted by Crippen LogP contribution is 2.10. The van der Waals surface area contributed by atoms with Crippen LogP contribution >= 0.6 is 0 Å². The van der Waals surface area contributed by atoms with Gasteiger partial charge in [0.05, 0.1) is 17.4 Å². The maximum absolute atomic E-state index is 12.2. The normalized spacial score (nSPS) is 10.3. The van der Waals surface area contributed by atoms with Crippen LogP contribution in [0.25, 0.3) is 5.69 Å². The summed E-state index contributed by atoms with van der Waals surface area (Å²) in [5.41, 5.74) is 2.25. The van der Waals surface area contributed by atoms with E-state index in [-0.39, 0.29) is 5.91 Å². The molecule has 0 fully saturated rings. The van der Waals surface area contributed by atoms with Crippen LogP contribution in [0.4, 0.5) is 5.82 Å². The van der Waals surface area contributed by atoms with Gasteiger partial charge in [0.25, 0.3) is 5.91 Å². The van der Waals surface area contributed by atoms with Crippen LogP contribution in [0.2, 0.25) is 0 Å². The quantitative estimate of drug-likeness (QED) is 0.801. The number of carbonyl (C=O) groups is 1. The number of nitrogens with one attached hydrogen (secondary N) is 1. The van der Waals surface area contributed by atoms with E-state index in [2.05, 4.69) is 15.4 Å². The number of aromatic nitrogens is 3. The lowest BCUT2D eigenvalue weighted by Crippen LogP contribution is -2.12. The average molecular weight is 278 g/mol. The van der Waals surface area contributed by atoms with Crippen molar-refractivity contribution in [1.82, 2.24) is 14.8 Å². The second kappa shape index (κ2) is 5.58. The fourth-order valence-electron chi connectivity index (χ4n) is 1.96. The highest BCUT2D eigenvalue weighted by molar-refractivity contribution is 6.03. The van der Waals surface area contributed by atoms with Crippen molar-refractivity contribution in [2.45, 2.75) is 6.92 Å². The molecular weight excluding hydrogens is 264 g/mol. The van der Waals surface area contributed by atoms with Crippen molar-refractivity contribution in [3.63, 3.8) is 0 Å². The van der Waals surface area contributed by atoms with Gasteiger partial charge in [-0.2, -0.15) is 5.10 Å². The van der Waals surface area contributed by atoms with Crippen molar-refractivity contribution in [2.24, 2.45) is 0 Å². The topological polar surface area (TPSA) is 59.8 Å². The van der Waals surface area contributed by atoms with Gasteiger partial charge in [0.1, 0.15) is 5.82 Å². The molecule has 3 rings (SSSR count). The van der Waals surface area contributed by atoms with Gasteiger partial charge >= 0.3 is 0 Å². The summed E-state index contributed by atoms with van der Waals surface area (Å²) in [6.45, 7) is 1.88. The smallest absolute Gasteiger partial charge is 0.260 e. The fraction of sp³-hybridized carbons (Fsp3) is 0.0625. The Bertz CT molecular complexity index is 765. The van der Waals surface area contributed by atoms with E-state index in [1.807, 2.05) is 49.4 Å². The zero-order chi connectivity index (χ0) is 14.7. The molecule has 0 atom stereocenters. The number of benzene rings is 1. The molecule has 0 saturated heterocycles. The van der Waals surface area contributed by atoms with E-state index >= 15 is 0 Å². The Morgan fingerprint density at radius 1 is 1.10 bits per heavy atom. The third-order valence-corrected chi connectivity index (χ3v) is 3.00. The summed E-state index contributed by atoms with van der Waals surface area (Å²) in [6, 6.07) is 15.1. The van der Waals surface area contributed by atoms with Gasteiger partial charge in [-0.3, -0.25) is 4.79 Å². The number of rotatable bonds is 3. The van der Waals surface area contributed by atoms with Crippen LogP contribution in [0.1, 0.15) is 16.1 Å². The minimum absolute atomic E-state index is 0.227. The maximum atomic E-state index is 12.2. The molecule has 0 unspecified atom stereocenters. The summed E-state index contributed by atoms with van der Waals surface area (Å²) in [5, 5.41) is 6.96. The third-order valence-electron chi connectivity index (χ3n) is 3.00. The minimum atomic E-state index is -0.227. The maximum Gasteiger partial charge on any atom is 0.260 e. The van der Waals surface area contributed by atoms with E-state index in [0.29, 0.717) is 11.4 Å². The Hall–Kier alpha value is -2.95. The Morgan fingerprint density at radius 2 is 1.90 bits per heavy atom. The summed E-state index contributed by atoms with van der Waals surface area (Å²) >= 11 is 0. The van der Waals surface area contributed by atoms with Crippen molar-refractivity contribution < 1.29 is 4.79 Å². The molecule has 0 aliphatic carbocycles. The van der Waals surface area contributed by atoms with Gasteiger partial charge in [0.15, 0.2) is 0 Å². The molecule has 0 aliphatic rings. The monoisotopic (exact) mass is 278 g/mol. The molecule has 3 aromatic rings. The van der Waals surface area contributed by atoms with Gasteiger partial charge in [0.2, 0.25) is 0 Å². The SMILES string of the molecule is Cc1cccc(NC(=O)c2cnn(-c3ccccc3)c2)n1. The van der Waals surface area contributed by atoms with Gasteiger partial charge in [-0.1, -0.05) is 24.3 Å². The molecule has 5 heteroatoms. The second-order valence-corrected chi connectivity index (χ2v) is 4.63. The Morgan fingerprint density at radius 3 is 2.67 bits per heavy atom. The molecule has 104 valence electrons. The zero-order valence-electron chi connectivity index (χ0n) is 11.5. The molecular formula is C16H14N4O. The summed E-state index contributed by atoms with van der Waals surface area (Å²) < 4.78 is 1.67. The highest BCUT2D eigenvalue weighted by Gasteiger charge is 2.10. The molecule has 21 heavy (non-hydrogen) atoms. The van der Waals surface area contributed by atoms with Crippen molar-refractivity contribution in [3.8, 4) is 5.69 Å². The lowest BCUT2D eigenvalue weighted by Gasteiger charge is -2.03. The standard InChI is InChI=1S/C16H14N4O/c1-12-6-5-9-15(18-12)19-16(21)13-10-17-20(11-13)14-7-3-2-4-8-14/h2-11H,1H3,(H,18,19,21). The first-order chi connectivity index (χ1) is 10.2. The fourth-order valence-corrected chi connectivity index (χ4v) is 1.96. The Kier molecular flexibility index (Phi) is 3.47. The predicted octanol–water partition coefficient (Wildman–Crippen LogP) is 2.83. The van der Waals surface area contributed by atoms with E-state index in [4.69, 9.17) is 0 Å². The van der Waals surface area contributed by atoms with E-state index in [9.17, 15) is 4.79 Å². The molecule has 0 saturated carbocycles.